The maximum absolute atomic E-state index is 12.1. The Morgan fingerprint density at radius 1 is 1.10 bits per heavy atom. The van der Waals surface area contributed by atoms with Crippen molar-refractivity contribution in [3.8, 4) is 5.75 Å². The van der Waals surface area contributed by atoms with Crippen LogP contribution in [0.2, 0.25) is 10.0 Å². The van der Waals surface area contributed by atoms with Gasteiger partial charge in [0.05, 0.1) is 15.2 Å². The van der Waals surface area contributed by atoms with Gasteiger partial charge in [-0.1, -0.05) is 59.6 Å². The van der Waals surface area contributed by atoms with Crippen molar-refractivity contribution in [3.05, 3.63) is 96.3 Å². The van der Waals surface area contributed by atoms with Gasteiger partial charge in [0.2, 0.25) is 0 Å². The van der Waals surface area contributed by atoms with Crippen molar-refractivity contribution in [2.45, 2.75) is 12.7 Å². The van der Waals surface area contributed by atoms with Gasteiger partial charge in [-0.05, 0) is 67.3 Å². The molecule has 0 aliphatic carbocycles. The van der Waals surface area contributed by atoms with Gasteiger partial charge < -0.3 is 9.84 Å². The third kappa shape index (κ3) is 6.54. The van der Waals surface area contributed by atoms with Gasteiger partial charge in [0.25, 0.3) is 5.91 Å². The van der Waals surface area contributed by atoms with Gasteiger partial charge >= 0.3 is 0 Å². The molecule has 0 fully saturated rings. The van der Waals surface area contributed by atoms with E-state index in [9.17, 15) is 9.90 Å². The van der Waals surface area contributed by atoms with Crippen LogP contribution in [0.1, 0.15) is 22.8 Å². The number of hydrogen-bond acceptors (Lipinski definition) is 4. The van der Waals surface area contributed by atoms with Gasteiger partial charge in [0.15, 0.2) is 6.10 Å². The van der Waals surface area contributed by atoms with E-state index in [0.29, 0.717) is 35.9 Å². The van der Waals surface area contributed by atoms with Crippen molar-refractivity contribution in [3.63, 3.8) is 0 Å². The monoisotopic (exact) mass is 584 g/mol. The van der Waals surface area contributed by atoms with E-state index in [1.54, 1.807) is 60.7 Å². The molecule has 5 nitrogen and oxygen atoms in total. The number of carbonyl (C=O) groups is 1. The number of amides is 1. The van der Waals surface area contributed by atoms with Crippen molar-refractivity contribution < 1.29 is 14.6 Å². The summed E-state index contributed by atoms with van der Waals surface area (Å²) in [6.45, 7) is 0.258. The summed E-state index contributed by atoms with van der Waals surface area (Å²) < 4.78 is 7.25. The fraction of sp³-hybridized carbons (Fsp3) is 0.0909. The summed E-state index contributed by atoms with van der Waals surface area (Å²) in [5, 5.41) is 15.1. The van der Waals surface area contributed by atoms with Gasteiger partial charge in [-0.25, -0.2) is 5.43 Å². The van der Waals surface area contributed by atoms with Crippen LogP contribution in [0.5, 0.6) is 5.75 Å². The summed E-state index contributed by atoms with van der Waals surface area (Å²) in [4.78, 5) is 12.1. The molecule has 1 atom stereocenters. The second-order valence-corrected chi connectivity index (χ2v) is 8.94. The molecule has 1 amide bonds. The average molecular weight is 587 g/mol. The molecule has 0 heterocycles. The van der Waals surface area contributed by atoms with E-state index in [1.807, 2.05) is 0 Å². The molecule has 3 aromatic rings. The zero-order chi connectivity index (χ0) is 22.4. The second kappa shape index (κ2) is 11.1. The summed E-state index contributed by atoms with van der Waals surface area (Å²) in [6, 6.07) is 17.4. The molecule has 9 heteroatoms. The SMILES string of the molecule is O=C(N/N=C\c1cc(Br)c(OCc2ccc(Cl)cc2Cl)c(Br)c1)[C@H](O)c1ccccc1. The number of benzene rings is 3. The van der Waals surface area contributed by atoms with Crippen molar-refractivity contribution in [2.75, 3.05) is 0 Å². The van der Waals surface area contributed by atoms with E-state index in [0.717, 1.165) is 5.56 Å². The number of hydrazone groups is 1. The van der Waals surface area contributed by atoms with Gasteiger partial charge in [-0.15, -0.1) is 0 Å². The largest absolute Gasteiger partial charge is 0.486 e. The molecule has 3 aromatic carbocycles. The molecule has 2 N–H and O–H groups in total. The minimum atomic E-state index is -1.30. The number of carbonyl (C=O) groups excluding carboxylic acids is 1. The summed E-state index contributed by atoms with van der Waals surface area (Å²) in [7, 11) is 0. The number of nitrogens with zero attached hydrogens (tertiary/aromatic N) is 1. The molecule has 0 unspecified atom stereocenters. The first-order valence-electron chi connectivity index (χ1n) is 8.97. The summed E-state index contributed by atoms with van der Waals surface area (Å²) in [5.74, 6) is -0.0351. The molecule has 0 aromatic heterocycles. The minimum absolute atomic E-state index is 0.258. The lowest BCUT2D eigenvalue weighted by molar-refractivity contribution is -0.129. The predicted molar refractivity (Wildman–Crippen MR) is 130 cm³/mol. The number of nitrogens with one attached hydrogen (secondary N) is 1. The Labute approximate surface area is 206 Å². The molecule has 0 bridgehead atoms. The van der Waals surface area contributed by atoms with Crippen LogP contribution < -0.4 is 10.2 Å². The summed E-state index contributed by atoms with van der Waals surface area (Å²) in [5.41, 5.74) is 4.32. The standard InChI is InChI=1S/C22H16Br2Cl2N2O3/c23-17-8-13(11-27-28-22(30)20(29)14-4-2-1-3-5-14)9-18(24)21(17)31-12-15-6-7-16(25)10-19(15)26/h1-11,20,29H,12H2,(H,28,30)/b27-11-/t20-/m1/s1. The Balaban J connectivity index is 1.63. The van der Waals surface area contributed by atoms with E-state index in [2.05, 4.69) is 42.4 Å². The molecule has 0 saturated carbocycles. The molecular formula is C22H16Br2Cl2N2O3. The first kappa shape index (κ1) is 23.8. The van der Waals surface area contributed by atoms with Crippen LogP contribution in [0.25, 0.3) is 0 Å². The average Bonchev–Trinajstić information content (AvgIpc) is 2.74. The maximum atomic E-state index is 12.1. The molecule has 160 valence electrons. The third-order valence-corrected chi connectivity index (χ3v) is 5.92. The van der Waals surface area contributed by atoms with E-state index >= 15 is 0 Å². The molecule has 0 radical (unpaired) electrons. The Hall–Kier alpha value is -1.90. The fourth-order valence-corrected chi connectivity index (χ4v) is 4.51. The molecule has 31 heavy (non-hydrogen) atoms. The molecule has 0 spiro atoms. The normalized spacial score (nSPS) is 12.0. The number of rotatable bonds is 7. The van der Waals surface area contributed by atoms with Gasteiger partial charge in [0.1, 0.15) is 12.4 Å². The van der Waals surface area contributed by atoms with Crippen molar-refractivity contribution in [2.24, 2.45) is 5.10 Å². The topological polar surface area (TPSA) is 70.9 Å². The highest BCUT2D eigenvalue weighted by Crippen LogP contribution is 2.35. The second-order valence-electron chi connectivity index (χ2n) is 6.39. The van der Waals surface area contributed by atoms with Crippen molar-refractivity contribution in [1.29, 1.82) is 0 Å². The van der Waals surface area contributed by atoms with Crippen molar-refractivity contribution in [1.82, 2.24) is 5.43 Å². The number of hydrogen-bond donors (Lipinski definition) is 2. The van der Waals surface area contributed by atoms with Crippen LogP contribution in [0.3, 0.4) is 0 Å². The van der Waals surface area contributed by atoms with Crippen LogP contribution in [-0.4, -0.2) is 17.2 Å². The smallest absolute Gasteiger partial charge is 0.273 e. The summed E-state index contributed by atoms with van der Waals surface area (Å²) in [6.07, 6.45) is 0.164. The highest BCUT2D eigenvalue weighted by Gasteiger charge is 2.16. The van der Waals surface area contributed by atoms with E-state index in [1.165, 1.54) is 6.21 Å². The number of halogens is 4. The van der Waals surface area contributed by atoms with Crippen LogP contribution in [0.15, 0.2) is 74.7 Å². The number of aliphatic hydroxyl groups is 1. The molecular weight excluding hydrogens is 571 g/mol. The number of ether oxygens (including phenoxy) is 1. The number of aliphatic hydroxyl groups excluding tert-OH is 1. The third-order valence-electron chi connectivity index (χ3n) is 4.16. The summed E-state index contributed by atoms with van der Waals surface area (Å²) >= 11 is 19.1. The van der Waals surface area contributed by atoms with Crippen molar-refractivity contribution >= 4 is 67.2 Å². The molecule has 0 aliphatic heterocycles. The Morgan fingerprint density at radius 3 is 2.42 bits per heavy atom. The van der Waals surface area contributed by atoms with Crippen LogP contribution in [-0.2, 0) is 11.4 Å². The lowest BCUT2D eigenvalue weighted by Gasteiger charge is -2.12. The quantitative estimate of drug-likeness (QED) is 0.253. The molecule has 0 aliphatic rings. The van der Waals surface area contributed by atoms with Crippen LogP contribution in [0.4, 0.5) is 0 Å². The fourth-order valence-electron chi connectivity index (χ4n) is 2.60. The predicted octanol–water partition coefficient (Wildman–Crippen LogP) is 6.28. The Bertz CT molecular complexity index is 1090. The van der Waals surface area contributed by atoms with Gasteiger partial charge in [-0.2, -0.15) is 5.10 Å². The molecule has 0 saturated heterocycles. The molecule has 3 rings (SSSR count). The zero-order valence-corrected chi connectivity index (χ0v) is 20.5. The van der Waals surface area contributed by atoms with Gasteiger partial charge in [-0.3, -0.25) is 4.79 Å². The Kier molecular flexibility index (Phi) is 8.51. The highest BCUT2D eigenvalue weighted by molar-refractivity contribution is 9.11. The zero-order valence-electron chi connectivity index (χ0n) is 15.9. The van der Waals surface area contributed by atoms with Crippen LogP contribution >= 0.6 is 55.1 Å². The first-order chi connectivity index (χ1) is 14.8. The van der Waals surface area contributed by atoms with E-state index in [-0.39, 0.29) is 6.61 Å². The van der Waals surface area contributed by atoms with E-state index < -0.39 is 12.0 Å². The lowest BCUT2D eigenvalue weighted by Crippen LogP contribution is -2.25. The maximum Gasteiger partial charge on any atom is 0.273 e. The van der Waals surface area contributed by atoms with Gasteiger partial charge in [0, 0.05) is 15.6 Å². The lowest BCUT2D eigenvalue weighted by atomic mass is 10.1. The van der Waals surface area contributed by atoms with Crippen LogP contribution in [0, 0.1) is 0 Å². The first-order valence-corrected chi connectivity index (χ1v) is 11.3. The Morgan fingerprint density at radius 2 is 1.77 bits per heavy atom. The van der Waals surface area contributed by atoms with E-state index in [4.69, 9.17) is 27.9 Å². The minimum Gasteiger partial charge on any atom is -0.486 e. The highest BCUT2D eigenvalue weighted by atomic mass is 79.9.